The van der Waals surface area contributed by atoms with E-state index in [1.807, 2.05) is 6.92 Å². The molecule has 1 unspecified atom stereocenters. The molecule has 0 saturated heterocycles. The van der Waals surface area contributed by atoms with Crippen LogP contribution in [-0.4, -0.2) is 24.3 Å². The van der Waals surface area contributed by atoms with E-state index in [1.165, 1.54) is 0 Å². The largest absolute Gasteiger partial charge is 0.396 e. The normalized spacial score (nSPS) is 13.0. The summed E-state index contributed by atoms with van der Waals surface area (Å²) in [7, 11) is 0. The van der Waals surface area contributed by atoms with Crippen molar-refractivity contribution in [3.63, 3.8) is 0 Å². The Kier molecular flexibility index (Phi) is 6.18. The lowest BCUT2D eigenvalue weighted by atomic mass is 10.1. The lowest BCUT2D eigenvalue weighted by Crippen LogP contribution is -2.30. The predicted molar refractivity (Wildman–Crippen MR) is 48.6 cm³/mol. The van der Waals surface area contributed by atoms with Gasteiger partial charge in [0.25, 0.3) is 0 Å². The molecular weight excluding hydrogens is 138 g/mol. The van der Waals surface area contributed by atoms with E-state index in [2.05, 4.69) is 18.8 Å². The van der Waals surface area contributed by atoms with E-state index in [1.54, 1.807) is 0 Å². The number of aliphatic hydroxyl groups excluding tert-OH is 1. The molecule has 0 heterocycles. The van der Waals surface area contributed by atoms with E-state index < -0.39 is 0 Å². The summed E-state index contributed by atoms with van der Waals surface area (Å²) in [5.74, 6) is 0. The summed E-state index contributed by atoms with van der Waals surface area (Å²) in [6, 6.07) is 0.441. The van der Waals surface area contributed by atoms with Crippen LogP contribution in [0.5, 0.6) is 0 Å². The van der Waals surface area contributed by atoms with Crippen molar-refractivity contribution in [1.29, 1.82) is 0 Å². The van der Waals surface area contributed by atoms with Gasteiger partial charge < -0.3 is 10.4 Å². The Morgan fingerprint density at radius 3 is 2.64 bits per heavy atom. The molecule has 0 aromatic carbocycles. The second-order valence-corrected chi connectivity index (χ2v) is 2.96. The topological polar surface area (TPSA) is 32.3 Å². The van der Waals surface area contributed by atoms with Crippen LogP contribution in [-0.2, 0) is 0 Å². The molecule has 0 fully saturated rings. The average molecular weight is 157 g/mol. The zero-order valence-electron chi connectivity index (χ0n) is 7.56. The minimum absolute atomic E-state index is 0.266. The predicted octanol–water partition coefficient (Wildman–Crippen LogP) is 1.31. The summed E-state index contributed by atoms with van der Waals surface area (Å²) in [5.41, 5.74) is 1.14. The third-order valence-electron chi connectivity index (χ3n) is 1.66. The number of aliphatic hydroxyl groups is 1. The maximum Gasteiger partial charge on any atom is 0.0445 e. The van der Waals surface area contributed by atoms with Gasteiger partial charge in [-0.1, -0.05) is 19.1 Å². The Morgan fingerprint density at radius 2 is 2.27 bits per heavy atom. The molecule has 66 valence electrons. The number of hydrogen-bond acceptors (Lipinski definition) is 2. The Labute approximate surface area is 69.3 Å². The van der Waals surface area contributed by atoms with E-state index in [0.717, 1.165) is 25.0 Å². The highest BCUT2D eigenvalue weighted by molar-refractivity contribution is 4.91. The minimum Gasteiger partial charge on any atom is -0.396 e. The van der Waals surface area contributed by atoms with E-state index in [0.29, 0.717) is 6.04 Å². The van der Waals surface area contributed by atoms with Gasteiger partial charge in [-0.2, -0.15) is 0 Å². The Bertz CT molecular complexity index is 112. The van der Waals surface area contributed by atoms with Crippen molar-refractivity contribution < 1.29 is 5.11 Å². The molecule has 0 aliphatic carbocycles. The van der Waals surface area contributed by atoms with Crippen LogP contribution in [0.3, 0.4) is 0 Å². The fourth-order valence-electron chi connectivity index (χ4n) is 0.925. The highest BCUT2D eigenvalue weighted by atomic mass is 16.3. The summed E-state index contributed by atoms with van der Waals surface area (Å²) < 4.78 is 0. The third-order valence-corrected chi connectivity index (χ3v) is 1.66. The molecule has 0 amide bonds. The van der Waals surface area contributed by atoms with Gasteiger partial charge in [-0.3, -0.25) is 0 Å². The smallest absolute Gasteiger partial charge is 0.0445 e. The van der Waals surface area contributed by atoms with Crippen molar-refractivity contribution in [2.45, 2.75) is 32.7 Å². The molecule has 2 heteroatoms. The van der Waals surface area contributed by atoms with Crippen LogP contribution in [0.15, 0.2) is 12.2 Å². The van der Waals surface area contributed by atoms with Gasteiger partial charge in [0.2, 0.25) is 0 Å². The van der Waals surface area contributed by atoms with Crippen molar-refractivity contribution >= 4 is 0 Å². The van der Waals surface area contributed by atoms with E-state index in [4.69, 9.17) is 5.11 Å². The second kappa shape index (κ2) is 6.38. The zero-order chi connectivity index (χ0) is 8.69. The second-order valence-electron chi connectivity index (χ2n) is 2.96. The maximum atomic E-state index is 8.67. The van der Waals surface area contributed by atoms with Crippen molar-refractivity contribution in [3.8, 4) is 0 Å². The maximum absolute atomic E-state index is 8.67. The van der Waals surface area contributed by atoms with Crippen LogP contribution in [0.2, 0.25) is 0 Å². The molecule has 11 heavy (non-hydrogen) atoms. The summed E-state index contributed by atoms with van der Waals surface area (Å²) in [6.45, 7) is 9.04. The molecule has 0 radical (unpaired) electrons. The molecule has 0 aliphatic heterocycles. The molecular formula is C9H19NO. The fraction of sp³-hybridized carbons (Fsp3) is 0.778. The molecule has 0 spiro atoms. The van der Waals surface area contributed by atoms with Crippen molar-refractivity contribution in [3.05, 3.63) is 12.2 Å². The zero-order valence-corrected chi connectivity index (χ0v) is 7.56. The first kappa shape index (κ1) is 10.7. The van der Waals surface area contributed by atoms with Crippen molar-refractivity contribution in [1.82, 2.24) is 5.32 Å². The fourth-order valence-corrected chi connectivity index (χ4v) is 0.925. The summed E-state index contributed by atoms with van der Waals surface area (Å²) in [4.78, 5) is 0. The summed E-state index contributed by atoms with van der Waals surface area (Å²) in [5, 5.41) is 12.0. The molecule has 0 aromatic heterocycles. The van der Waals surface area contributed by atoms with Crippen LogP contribution in [0.4, 0.5) is 0 Å². The van der Waals surface area contributed by atoms with E-state index in [9.17, 15) is 0 Å². The van der Waals surface area contributed by atoms with Gasteiger partial charge >= 0.3 is 0 Å². The highest BCUT2D eigenvalue weighted by Crippen LogP contribution is 1.96. The highest BCUT2D eigenvalue weighted by Gasteiger charge is 2.02. The molecule has 0 bridgehead atoms. The van der Waals surface area contributed by atoms with Gasteiger partial charge in [-0.05, 0) is 19.8 Å². The number of nitrogens with one attached hydrogen (secondary N) is 1. The number of hydrogen-bond donors (Lipinski definition) is 2. The third kappa shape index (κ3) is 6.07. The Balaban J connectivity index is 3.43. The summed E-state index contributed by atoms with van der Waals surface area (Å²) >= 11 is 0. The average Bonchev–Trinajstić information content (AvgIpc) is 1.97. The molecule has 0 aromatic rings. The molecule has 0 saturated carbocycles. The monoisotopic (exact) mass is 157 g/mol. The van der Waals surface area contributed by atoms with Gasteiger partial charge in [-0.25, -0.2) is 0 Å². The first-order valence-corrected chi connectivity index (χ1v) is 4.19. The lowest BCUT2D eigenvalue weighted by molar-refractivity contribution is 0.264. The van der Waals surface area contributed by atoms with Gasteiger partial charge in [0.05, 0.1) is 0 Å². The minimum atomic E-state index is 0.266. The van der Waals surface area contributed by atoms with Crippen LogP contribution >= 0.6 is 0 Å². The lowest BCUT2D eigenvalue weighted by Gasteiger charge is -2.15. The van der Waals surface area contributed by atoms with Crippen LogP contribution < -0.4 is 5.32 Å². The molecule has 2 N–H and O–H groups in total. The molecule has 0 aliphatic rings. The molecule has 1 atom stereocenters. The van der Waals surface area contributed by atoms with Crippen LogP contribution in [0.25, 0.3) is 0 Å². The quantitative estimate of drug-likeness (QED) is 0.570. The SMILES string of the molecule is C=C(C)CNC(CC)CCO. The summed E-state index contributed by atoms with van der Waals surface area (Å²) in [6.07, 6.45) is 1.90. The number of rotatable bonds is 6. The van der Waals surface area contributed by atoms with Gasteiger partial charge in [-0.15, -0.1) is 0 Å². The van der Waals surface area contributed by atoms with Gasteiger partial charge in [0.1, 0.15) is 0 Å². The molecule has 2 nitrogen and oxygen atoms in total. The van der Waals surface area contributed by atoms with Crippen LogP contribution in [0, 0.1) is 0 Å². The molecule has 0 rings (SSSR count). The van der Waals surface area contributed by atoms with Crippen LogP contribution in [0.1, 0.15) is 26.7 Å². The van der Waals surface area contributed by atoms with Gasteiger partial charge in [0, 0.05) is 19.2 Å². The Hall–Kier alpha value is -0.340. The van der Waals surface area contributed by atoms with Gasteiger partial charge in [0.15, 0.2) is 0 Å². The van der Waals surface area contributed by atoms with E-state index in [-0.39, 0.29) is 6.61 Å². The van der Waals surface area contributed by atoms with Crippen molar-refractivity contribution in [2.24, 2.45) is 0 Å². The first-order chi connectivity index (χ1) is 5.20. The first-order valence-electron chi connectivity index (χ1n) is 4.19. The van der Waals surface area contributed by atoms with E-state index >= 15 is 0 Å². The standard InChI is InChI=1S/C9H19NO/c1-4-9(5-6-11)10-7-8(2)3/h9-11H,2,4-7H2,1,3H3. The Morgan fingerprint density at radius 1 is 1.64 bits per heavy atom. The van der Waals surface area contributed by atoms with Crippen molar-refractivity contribution in [2.75, 3.05) is 13.2 Å².